The van der Waals surface area contributed by atoms with Crippen molar-refractivity contribution in [2.75, 3.05) is 0 Å². The first-order valence-corrected chi connectivity index (χ1v) is 17.5. The van der Waals surface area contributed by atoms with Gasteiger partial charge in [-0.1, -0.05) is 188 Å². The van der Waals surface area contributed by atoms with E-state index in [0.717, 1.165) is 28.1 Å². The fourth-order valence-electron chi connectivity index (χ4n) is 8.31. The number of aromatic nitrogens is 2. The van der Waals surface area contributed by atoms with Crippen molar-refractivity contribution < 1.29 is 0 Å². The Hall–Kier alpha value is -6.64. The van der Waals surface area contributed by atoms with E-state index >= 15 is 0 Å². The van der Waals surface area contributed by atoms with Gasteiger partial charge in [0, 0.05) is 16.7 Å². The maximum Gasteiger partial charge on any atom is 0.160 e. The highest BCUT2D eigenvalue weighted by Crippen LogP contribution is 2.58. The summed E-state index contributed by atoms with van der Waals surface area (Å²) in [6.07, 6.45) is 0. The first-order valence-electron chi connectivity index (χ1n) is 17.5. The van der Waals surface area contributed by atoms with Gasteiger partial charge >= 0.3 is 0 Å². The summed E-state index contributed by atoms with van der Waals surface area (Å²) in [4.78, 5) is 10.2. The van der Waals surface area contributed by atoms with Crippen molar-refractivity contribution in [2.24, 2.45) is 0 Å². The minimum Gasteiger partial charge on any atom is -0.228 e. The zero-order chi connectivity index (χ0) is 33.8. The molecule has 0 fully saturated rings. The van der Waals surface area contributed by atoms with Gasteiger partial charge in [-0.15, -0.1) is 0 Å². The number of nitrogens with zero attached hydrogens (tertiary/aromatic N) is 2. The van der Waals surface area contributed by atoms with E-state index in [1.807, 2.05) is 24.3 Å². The molecule has 1 aliphatic rings. The van der Waals surface area contributed by atoms with Gasteiger partial charge in [-0.3, -0.25) is 0 Å². The van der Waals surface area contributed by atoms with Crippen LogP contribution in [-0.4, -0.2) is 9.97 Å². The van der Waals surface area contributed by atoms with Gasteiger partial charge < -0.3 is 0 Å². The molecule has 1 unspecified atom stereocenters. The average molecular weight is 649 g/mol. The van der Waals surface area contributed by atoms with E-state index < -0.39 is 5.41 Å². The second-order valence-corrected chi connectivity index (χ2v) is 13.3. The van der Waals surface area contributed by atoms with E-state index in [1.165, 1.54) is 54.9 Å². The van der Waals surface area contributed by atoms with E-state index in [0.29, 0.717) is 5.82 Å². The molecule has 0 bridgehead atoms. The quantitative estimate of drug-likeness (QED) is 0.174. The van der Waals surface area contributed by atoms with E-state index in [4.69, 9.17) is 9.97 Å². The second kappa shape index (κ2) is 11.8. The van der Waals surface area contributed by atoms with Crippen molar-refractivity contribution in [3.05, 3.63) is 216 Å². The van der Waals surface area contributed by atoms with Crippen LogP contribution in [0.4, 0.5) is 0 Å². The molecule has 0 radical (unpaired) electrons. The Morgan fingerprint density at radius 1 is 0.353 bits per heavy atom. The van der Waals surface area contributed by atoms with Gasteiger partial charge in [0.25, 0.3) is 0 Å². The molecule has 0 saturated carbocycles. The van der Waals surface area contributed by atoms with Crippen LogP contribution in [-0.2, 0) is 5.41 Å². The smallest absolute Gasteiger partial charge is 0.160 e. The van der Waals surface area contributed by atoms with E-state index in [1.54, 1.807) is 0 Å². The van der Waals surface area contributed by atoms with Crippen molar-refractivity contribution in [3.63, 3.8) is 0 Å². The van der Waals surface area contributed by atoms with Gasteiger partial charge in [-0.05, 0) is 61.0 Å². The summed E-state index contributed by atoms with van der Waals surface area (Å²) in [6, 6.07) is 69.9. The van der Waals surface area contributed by atoms with E-state index in [-0.39, 0.29) is 0 Å². The van der Waals surface area contributed by atoms with Crippen LogP contribution in [0.1, 0.15) is 22.3 Å². The molecule has 1 heterocycles. The molecule has 0 amide bonds. The molecule has 238 valence electrons. The fraction of sp³-hybridized carbons (Fsp3) is 0.0204. The largest absolute Gasteiger partial charge is 0.228 e. The Bertz CT molecular complexity index is 2660. The van der Waals surface area contributed by atoms with Crippen LogP contribution >= 0.6 is 0 Å². The van der Waals surface area contributed by atoms with Crippen LogP contribution in [0, 0.1) is 0 Å². The van der Waals surface area contributed by atoms with Crippen molar-refractivity contribution in [3.8, 4) is 45.0 Å². The van der Waals surface area contributed by atoms with E-state index in [2.05, 4.69) is 170 Å². The standard InChI is InChI=1S/C49H32N2/c1-4-15-34(16-5-1)45-32-46(51-48(50-45)36-17-6-2-7-18-36)35-24-27-38(28-25-35)49(37-19-8-3-9-20-37)44-23-13-12-22-41(44)43-31-30-40-39-21-11-10-14-33(39)26-29-42(40)47(43)49/h1-32H. The minimum absolute atomic E-state index is 0.524. The molecule has 0 N–H and O–H groups in total. The number of fused-ring (bicyclic) bond motifs is 7. The molecule has 0 spiro atoms. The Morgan fingerprint density at radius 2 is 0.922 bits per heavy atom. The maximum atomic E-state index is 5.13. The predicted molar refractivity (Wildman–Crippen MR) is 211 cm³/mol. The highest BCUT2D eigenvalue weighted by atomic mass is 14.9. The molecule has 0 aliphatic heterocycles. The SMILES string of the molecule is c1ccc(-c2cc(-c3ccc(C4(c5ccccc5)c5ccccc5-c5ccc6c(ccc7ccccc76)c54)cc3)nc(-c3ccccc3)n2)cc1. The van der Waals surface area contributed by atoms with Crippen molar-refractivity contribution in [1.29, 1.82) is 0 Å². The highest BCUT2D eigenvalue weighted by molar-refractivity contribution is 6.12. The summed E-state index contributed by atoms with van der Waals surface area (Å²) < 4.78 is 0. The molecule has 1 aliphatic carbocycles. The minimum atomic E-state index is -0.524. The molecule has 2 heteroatoms. The molecule has 1 atom stereocenters. The Kier molecular flexibility index (Phi) is 6.75. The van der Waals surface area contributed by atoms with Crippen molar-refractivity contribution in [1.82, 2.24) is 9.97 Å². The van der Waals surface area contributed by atoms with Crippen LogP contribution in [0.25, 0.3) is 66.6 Å². The summed E-state index contributed by atoms with van der Waals surface area (Å²) in [7, 11) is 0. The second-order valence-electron chi connectivity index (χ2n) is 13.3. The molecule has 2 nitrogen and oxygen atoms in total. The molecular weight excluding hydrogens is 617 g/mol. The molecule has 0 saturated heterocycles. The van der Waals surface area contributed by atoms with Crippen LogP contribution in [0.15, 0.2) is 194 Å². The lowest BCUT2D eigenvalue weighted by Crippen LogP contribution is -2.28. The molecule has 9 aromatic rings. The van der Waals surface area contributed by atoms with E-state index in [9.17, 15) is 0 Å². The van der Waals surface area contributed by atoms with Crippen molar-refractivity contribution >= 4 is 21.5 Å². The van der Waals surface area contributed by atoms with Gasteiger partial charge in [0.05, 0.1) is 16.8 Å². The number of hydrogen-bond donors (Lipinski definition) is 0. The summed E-state index contributed by atoms with van der Waals surface area (Å²) in [5.74, 6) is 0.717. The summed E-state index contributed by atoms with van der Waals surface area (Å²) >= 11 is 0. The normalized spacial score (nSPS) is 14.7. The Balaban J connectivity index is 1.22. The highest BCUT2D eigenvalue weighted by Gasteiger charge is 2.47. The van der Waals surface area contributed by atoms with Gasteiger partial charge in [0.15, 0.2) is 5.82 Å². The summed E-state index contributed by atoms with van der Waals surface area (Å²) in [5.41, 5.74) is 12.1. The lowest BCUT2D eigenvalue weighted by Gasteiger charge is -2.35. The molecule has 51 heavy (non-hydrogen) atoms. The first kappa shape index (κ1) is 29.3. The van der Waals surface area contributed by atoms with Crippen LogP contribution < -0.4 is 0 Å². The molecule has 1 aromatic heterocycles. The summed E-state index contributed by atoms with van der Waals surface area (Å²) in [6.45, 7) is 0. The number of rotatable bonds is 5. The van der Waals surface area contributed by atoms with Gasteiger partial charge in [-0.25, -0.2) is 9.97 Å². The number of hydrogen-bond acceptors (Lipinski definition) is 2. The lowest BCUT2D eigenvalue weighted by molar-refractivity contribution is 0.775. The monoisotopic (exact) mass is 648 g/mol. The maximum absolute atomic E-state index is 5.13. The van der Waals surface area contributed by atoms with Gasteiger partial charge in [-0.2, -0.15) is 0 Å². The van der Waals surface area contributed by atoms with Crippen LogP contribution in [0.5, 0.6) is 0 Å². The number of benzene rings is 8. The fourth-order valence-corrected chi connectivity index (χ4v) is 8.31. The third-order valence-electron chi connectivity index (χ3n) is 10.6. The van der Waals surface area contributed by atoms with Crippen LogP contribution in [0.2, 0.25) is 0 Å². The lowest BCUT2D eigenvalue weighted by atomic mass is 9.66. The third kappa shape index (κ3) is 4.57. The third-order valence-corrected chi connectivity index (χ3v) is 10.6. The Morgan fingerprint density at radius 3 is 1.67 bits per heavy atom. The molecule has 8 aromatic carbocycles. The van der Waals surface area contributed by atoms with Crippen molar-refractivity contribution in [2.45, 2.75) is 5.41 Å². The molecular formula is C49H32N2. The van der Waals surface area contributed by atoms with Crippen LogP contribution in [0.3, 0.4) is 0 Å². The summed E-state index contributed by atoms with van der Waals surface area (Å²) in [5, 5.41) is 5.09. The van der Waals surface area contributed by atoms with Gasteiger partial charge in [0.1, 0.15) is 0 Å². The zero-order valence-electron chi connectivity index (χ0n) is 27.9. The average Bonchev–Trinajstić information content (AvgIpc) is 3.53. The first-order chi connectivity index (χ1) is 25.3. The van der Waals surface area contributed by atoms with Gasteiger partial charge in [0.2, 0.25) is 0 Å². The topological polar surface area (TPSA) is 25.8 Å². The molecule has 10 rings (SSSR count). The predicted octanol–water partition coefficient (Wildman–Crippen LogP) is 12.1. The Labute approximate surface area is 297 Å². The zero-order valence-corrected chi connectivity index (χ0v) is 27.9.